The quantitative estimate of drug-likeness (QED) is 0.227. The Bertz CT molecular complexity index is 538. The summed E-state index contributed by atoms with van der Waals surface area (Å²) >= 11 is 0. The zero-order valence-corrected chi connectivity index (χ0v) is 23.1. The molecular formula is C27H52O7. The highest BCUT2D eigenvalue weighted by atomic mass is 16.5. The Morgan fingerprint density at radius 3 is 1.62 bits per heavy atom. The lowest BCUT2D eigenvalue weighted by atomic mass is 9.84. The Morgan fingerprint density at radius 1 is 0.794 bits per heavy atom. The maximum Gasteiger partial charge on any atom is 0.308 e. The lowest BCUT2D eigenvalue weighted by Crippen LogP contribution is -2.46. The number of rotatable bonds is 14. The first-order chi connectivity index (χ1) is 16.0. The monoisotopic (exact) mass is 488 g/mol. The summed E-state index contributed by atoms with van der Waals surface area (Å²) in [5, 5.41) is 8.18. The first-order valence-corrected chi connectivity index (χ1v) is 13.2. The second kappa shape index (κ2) is 20.7. The number of hydrogen-bond donors (Lipinski definition) is 1. The van der Waals surface area contributed by atoms with E-state index in [1.54, 1.807) is 6.92 Å². The van der Waals surface area contributed by atoms with Gasteiger partial charge in [-0.15, -0.1) is 0 Å². The highest BCUT2D eigenvalue weighted by Gasteiger charge is 2.38. The molecule has 1 saturated heterocycles. The lowest BCUT2D eigenvalue weighted by Gasteiger charge is -2.40. The van der Waals surface area contributed by atoms with Crippen LogP contribution in [0.1, 0.15) is 107 Å². The first-order valence-electron chi connectivity index (χ1n) is 13.2. The van der Waals surface area contributed by atoms with E-state index >= 15 is 0 Å². The standard InChI is InChI=1S/C11H20O3.C11H22O2.C5H10O2/c1-4-9(3)10(12)14-8-11(5-2)6-13-7-11;1-4-6-7-8-9-13-11(12)10(3)5-2;1-3-4(2)5(6)7/h9H,4-8H2,1-3H3;10H,4-9H2,1-3H3;4H,3H2,1-2H3,(H,6,7). The van der Waals surface area contributed by atoms with Crippen molar-refractivity contribution in [2.45, 2.75) is 107 Å². The van der Waals surface area contributed by atoms with Gasteiger partial charge in [0, 0.05) is 0 Å². The van der Waals surface area contributed by atoms with Gasteiger partial charge in [-0.05, 0) is 32.1 Å². The maximum absolute atomic E-state index is 11.4. The molecule has 1 aliphatic rings. The smallest absolute Gasteiger partial charge is 0.308 e. The summed E-state index contributed by atoms with van der Waals surface area (Å²) in [5.74, 6) is -0.926. The van der Waals surface area contributed by atoms with Gasteiger partial charge in [0.2, 0.25) is 0 Å². The normalized spacial score (nSPS) is 16.2. The predicted molar refractivity (Wildman–Crippen MR) is 136 cm³/mol. The Labute approximate surface area is 208 Å². The minimum Gasteiger partial charge on any atom is -0.481 e. The number of unbranched alkanes of at least 4 members (excludes halogenated alkanes) is 3. The molecule has 0 radical (unpaired) electrons. The van der Waals surface area contributed by atoms with E-state index in [-0.39, 0.29) is 35.1 Å². The van der Waals surface area contributed by atoms with Crippen molar-refractivity contribution in [3.05, 3.63) is 0 Å². The molecular weight excluding hydrogens is 436 g/mol. The molecule has 1 heterocycles. The van der Waals surface area contributed by atoms with Gasteiger partial charge in [-0.1, -0.05) is 74.7 Å². The highest BCUT2D eigenvalue weighted by molar-refractivity contribution is 5.72. The highest BCUT2D eigenvalue weighted by Crippen LogP contribution is 2.31. The average Bonchev–Trinajstić information content (AvgIpc) is 2.82. The van der Waals surface area contributed by atoms with E-state index < -0.39 is 5.97 Å². The van der Waals surface area contributed by atoms with Crippen molar-refractivity contribution in [1.82, 2.24) is 0 Å². The van der Waals surface area contributed by atoms with Crippen LogP contribution in [0, 0.1) is 23.2 Å². The largest absolute Gasteiger partial charge is 0.481 e. The molecule has 3 atom stereocenters. The summed E-state index contributed by atoms with van der Waals surface area (Å²) in [6.45, 7) is 18.2. The van der Waals surface area contributed by atoms with Gasteiger partial charge >= 0.3 is 17.9 Å². The molecule has 3 unspecified atom stereocenters. The van der Waals surface area contributed by atoms with Crippen LogP contribution < -0.4 is 0 Å². The fourth-order valence-electron chi connectivity index (χ4n) is 2.50. The summed E-state index contributed by atoms with van der Waals surface area (Å²) in [6, 6.07) is 0. The van der Waals surface area contributed by atoms with Crippen molar-refractivity contribution in [1.29, 1.82) is 0 Å². The molecule has 0 aromatic carbocycles. The molecule has 1 fully saturated rings. The van der Waals surface area contributed by atoms with Crippen LogP contribution in [0.25, 0.3) is 0 Å². The third kappa shape index (κ3) is 16.1. The molecule has 1 aliphatic heterocycles. The van der Waals surface area contributed by atoms with Crippen LogP contribution in [0.4, 0.5) is 0 Å². The molecule has 34 heavy (non-hydrogen) atoms. The Hall–Kier alpha value is -1.63. The van der Waals surface area contributed by atoms with Crippen LogP contribution in [0.15, 0.2) is 0 Å². The molecule has 0 amide bonds. The first kappa shape index (κ1) is 34.5. The number of carboxylic acid groups (broad SMARTS) is 1. The van der Waals surface area contributed by atoms with Crippen LogP contribution in [-0.4, -0.2) is 49.4 Å². The van der Waals surface area contributed by atoms with Crippen molar-refractivity contribution in [3.63, 3.8) is 0 Å². The van der Waals surface area contributed by atoms with Gasteiger partial charge in [-0.25, -0.2) is 0 Å². The predicted octanol–water partition coefficient (Wildman–Crippen LogP) is 6.28. The molecule has 7 heteroatoms. The van der Waals surface area contributed by atoms with E-state index in [1.807, 2.05) is 34.6 Å². The van der Waals surface area contributed by atoms with Crippen molar-refractivity contribution in [2.75, 3.05) is 26.4 Å². The van der Waals surface area contributed by atoms with Gasteiger partial charge in [-0.2, -0.15) is 0 Å². The van der Waals surface area contributed by atoms with Gasteiger partial charge in [0.05, 0.1) is 43.0 Å². The maximum atomic E-state index is 11.4. The second-order valence-corrected chi connectivity index (χ2v) is 9.45. The van der Waals surface area contributed by atoms with E-state index in [9.17, 15) is 14.4 Å². The third-order valence-corrected chi connectivity index (χ3v) is 6.39. The van der Waals surface area contributed by atoms with Gasteiger partial charge in [0.25, 0.3) is 0 Å². The number of carbonyl (C=O) groups excluding carboxylic acids is 2. The summed E-state index contributed by atoms with van der Waals surface area (Å²) in [7, 11) is 0. The molecule has 1 rings (SSSR count). The van der Waals surface area contributed by atoms with Crippen LogP contribution in [0.5, 0.6) is 0 Å². The van der Waals surface area contributed by atoms with Gasteiger partial charge in [0.1, 0.15) is 6.61 Å². The summed E-state index contributed by atoms with van der Waals surface area (Å²) in [4.78, 5) is 32.5. The second-order valence-electron chi connectivity index (χ2n) is 9.45. The van der Waals surface area contributed by atoms with Crippen LogP contribution >= 0.6 is 0 Å². The summed E-state index contributed by atoms with van der Waals surface area (Å²) in [5.41, 5.74) is 0.114. The Morgan fingerprint density at radius 2 is 1.29 bits per heavy atom. The van der Waals surface area contributed by atoms with Crippen LogP contribution in [0.2, 0.25) is 0 Å². The number of hydrogen-bond acceptors (Lipinski definition) is 6. The van der Waals surface area contributed by atoms with E-state index in [1.165, 1.54) is 19.3 Å². The van der Waals surface area contributed by atoms with Crippen molar-refractivity contribution < 1.29 is 33.7 Å². The van der Waals surface area contributed by atoms with Crippen molar-refractivity contribution in [2.24, 2.45) is 23.2 Å². The lowest BCUT2D eigenvalue weighted by molar-refractivity contribution is -0.173. The van der Waals surface area contributed by atoms with Crippen molar-refractivity contribution >= 4 is 17.9 Å². The number of carbonyl (C=O) groups is 3. The van der Waals surface area contributed by atoms with Gasteiger partial charge < -0.3 is 19.3 Å². The Kier molecular flexibility index (Phi) is 21.0. The minimum atomic E-state index is -0.706. The molecule has 7 nitrogen and oxygen atoms in total. The zero-order chi connectivity index (χ0) is 26.6. The van der Waals surface area contributed by atoms with E-state index in [0.717, 1.165) is 45.3 Å². The van der Waals surface area contributed by atoms with Crippen molar-refractivity contribution in [3.8, 4) is 0 Å². The number of aliphatic carboxylic acids is 1. The molecule has 0 bridgehead atoms. The SMILES string of the molecule is CCC(C)C(=O)O.CCC(C)C(=O)OCC1(CC)COC1.CCCCCCOC(=O)C(C)CC. The van der Waals surface area contributed by atoms with E-state index in [0.29, 0.717) is 13.2 Å². The Balaban J connectivity index is 0. The number of carboxylic acids is 1. The topological polar surface area (TPSA) is 99.1 Å². The fourth-order valence-corrected chi connectivity index (χ4v) is 2.50. The van der Waals surface area contributed by atoms with Crippen LogP contribution in [0.3, 0.4) is 0 Å². The molecule has 202 valence electrons. The summed E-state index contributed by atoms with van der Waals surface area (Å²) in [6.07, 6.45) is 8.08. The van der Waals surface area contributed by atoms with Crippen LogP contribution in [-0.2, 0) is 28.6 Å². The molecule has 1 N–H and O–H groups in total. The number of esters is 2. The van der Waals surface area contributed by atoms with E-state index in [4.69, 9.17) is 19.3 Å². The molecule has 0 spiro atoms. The van der Waals surface area contributed by atoms with Gasteiger partial charge in [0.15, 0.2) is 0 Å². The zero-order valence-electron chi connectivity index (χ0n) is 23.1. The third-order valence-electron chi connectivity index (χ3n) is 6.39. The van der Waals surface area contributed by atoms with Gasteiger partial charge in [-0.3, -0.25) is 14.4 Å². The molecule has 0 saturated carbocycles. The molecule has 0 aromatic rings. The average molecular weight is 489 g/mol. The summed E-state index contributed by atoms with van der Waals surface area (Å²) < 4.78 is 15.5. The van der Waals surface area contributed by atoms with E-state index in [2.05, 4.69) is 13.8 Å². The molecule has 0 aliphatic carbocycles. The number of ether oxygens (including phenoxy) is 3. The minimum absolute atomic E-state index is 0.0184. The fraction of sp³-hybridized carbons (Fsp3) is 0.889. The molecule has 0 aromatic heterocycles.